The molecular weight excluding hydrogens is 490 g/mol. The van der Waals surface area contributed by atoms with Crippen molar-refractivity contribution in [1.29, 1.82) is 5.26 Å². The molecule has 4 aliphatic rings. The molecule has 0 bridgehead atoms. The molecule has 0 N–H and O–H groups in total. The van der Waals surface area contributed by atoms with E-state index < -0.39 is 0 Å². The first kappa shape index (κ1) is 26.1. The number of ether oxygens (including phenoxy) is 3. The first-order chi connectivity index (χ1) is 18.9. The lowest BCUT2D eigenvalue weighted by Gasteiger charge is -2.42. The second kappa shape index (κ2) is 10.4. The van der Waals surface area contributed by atoms with Crippen molar-refractivity contribution >= 4 is 17.0 Å². The van der Waals surface area contributed by atoms with Crippen molar-refractivity contribution in [2.24, 2.45) is 0 Å². The standard InChI is InChI=1S/C32H37N3O4/c1-32(2)26-19-28(35-8-6-23(7-9-35)34-10-12-38-13-11-34)29(39-15-14-37-3)18-25(26)31(36)30-24-5-4-21(20-33)16-22(24)17-27(30)32/h4-5,16,18-19,23H,6-15,17H2,1-3H3. The summed E-state index contributed by atoms with van der Waals surface area (Å²) in [5, 5.41) is 9.42. The number of rotatable bonds is 6. The van der Waals surface area contributed by atoms with E-state index in [1.807, 2.05) is 24.3 Å². The van der Waals surface area contributed by atoms with Gasteiger partial charge in [0.05, 0.1) is 37.1 Å². The van der Waals surface area contributed by atoms with Crippen molar-refractivity contribution in [3.63, 3.8) is 0 Å². The number of hydrogen-bond donors (Lipinski definition) is 0. The Balaban J connectivity index is 1.34. The summed E-state index contributed by atoms with van der Waals surface area (Å²) in [4.78, 5) is 19.1. The van der Waals surface area contributed by atoms with Crippen LogP contribution in [0.25, 0.3) is 5.57 Å². The van der Waals surface area contributed by atoms with Crippen LogP contribution in [0.1, 0.15) is 59.3 Å². The van der Waals surface area contributed by atoms with Crippen molar-refractivity contribution < 1.29 is 19.0 Å². The predicted molar refractivity (Wildman–Crippen MR) is 151 cm³/mol. The second-order valence-corrected chi connectivity index (χ2v) is 11.5. The molecule has 2 aromatic rings. The van der Waals surface area contributed by atoms with Crippen molar-refractivity contribution in [3.8, 4) is 11.8 Å². The highest BCUT2D eigenvalue weighted by atomic mass is 16.5. The van der Waals surface area contributed by atoms with Crippen LogP contribution in [-0.2, 0) is 21.3 Å². The Morgan fingerprint density at radius 3 is 2.54 bits per heavy atom. The van der Waals surface area contributed by atoms with Crippen LogP contribution in [-0.4, -0.2) is 76.4 Å². The van der Waals surface area contributed by atoms with Crippen LogP contribution in [0.3, 0.4) is 0 Å². The predicted octanol–water partition coefficient (Wildman–Crippen LogP) is 4.37. The van der Waals surface area contributed by atoms with Crippen molar-refractivity contribution in [2.75, 3.05) is 64.6 Å². The molecule has 0 unspecified atom stereocenters. The van der Waals surface area contributed by atoms with Crippen LogP contribution in [0.2, 0.25) is 0 Å². The summed E-state index contributed by atoms with van der Waals surface area (Å²) >= 11 is 0. The van der Waals surface area contributed by atoms with Gasteiger partial charge in [-0.15, -0.1) is 0 Å². The molecule has 7 nitrogen and oxygen atoms in total. The van der Waals surface area contributed by atoms with E-state index in [9.17, 15) is 10.1 Å². The summed E-state index contributed by atoms with van der Waals surface area (Å²) in [6.45, 7) is 10.9. The van der Waals surface area contributed by atoms with E-state index in [4.69, 9.17) is 14.2 Å². The molecule has 39 heavy (non-hydrogen) atoms. The second-order valence-electron chi connectivity index (χ2n) is 11.5. The zero-order chi connectivity index (χ0) is 27.1. The maximum absolute atomic E-state index is 14.1. The smallest absolute Gasteiger partial charge is 0.194 e. The van der Waals surface area contributed by atoms with Crippen molar-refractivity contribution in [3.05, 3.63) is 63.7 Å². The topological polar surface area (TPSA) is 75.0 Å². The molecule has 0 spiro atoms. The average molecular weight is 528 g/mol. The molecule has 6 rings (SSSR count). The maximum Gasteiger partial charge on any atom is 0.194 e. The molecule has 2 aliphatic heterocycles. The number of piperidine rings is 1. The third-order valence-corrected chi connectivity index (χ3v) is 9.08. The number of anilines is 1. The number of morpholine rings is 1. The Bertz CT molecular complexity index is 1360. The summed E-state index contributed by atoms with van der Waals surface area (Å²) in [5.41, 5.74) is 7.13. The zero-order valence-corrected chi connectivity index (χ0v) is 23.2. The molecule has 0 saturated carbocycles. The number of carbonyl (C=O) groups excluding carboxylic acids is 1. The number of methoxy groups -OCH3 is 1. The largest absolute Gasteiger partial charge is 0.489 e. The van der Waals surface area contributed by atoms with Crippen LogP contribution in [0.15, 0.2) is 35.9 Å². The number of ketones is 1. The number of fused-ring (bicyclic) bond motifs is 3. The average Bonchev–Trinajstić information content (AvgIpc) is 3.37. The number of nitriles is 1. The number of benzene rings is 2. The van der Waals surface area contributed by atoms with Gasteiger partial charge in [0.2, 0.25) is 0 Å². The lowest BCUT2D eigenvalue weighted by molar-refractivity contribution is 0.0115. The van der Waals surface area contributed by atoms with Crippen LogP contribution in [0.5, 0.6) is 5.75 Å². The van der Waals surface area contributed by atoms with Gasteiger partial charge in [-0.1, -0.05) is 19.9 Å². The number of Topliss-reactive ketones (excluding diaryl/α,β-unsaturated/α-hetero) is 1. The number of allylic oxidation sites excluding steroid dienone is 2. The van der Waals surface area contributed by atoms with Gasteiger partial charge in [0, 0.05) is 55.9 Å². The lowest BCUT2D eigenvalue weighted by atomic mass is 9.68. The van der Waals surface area contributed by atoms with E-state index in [0.29, 0.717) is 31.2 Å². The molecule has 0 aromatic heterocycles. The molecule has 2 heterocycles. The van der Waals surface area contributed by atoms with Crippen LogP contribution in [0.4, 0.5) is 5.69 Å². The molecule has 2 fully saturated rings. The Kier molecular flexibility index (Phi) is 6.96. The van der Waals surface area contributed by atoms with Gasteiger partial charge in [-0.05, 0) is 65.8 Å². The zero-order valence-electron chi connectivity index (χ0n) is 23.2. The first-order valence-electron chi connectivity index (χ1n) is 14.1. The SMILES string of the molecule is COCCOc1cc2c(cc1N1CCC(N3CCOCC3)CC1)C(C)(C)C1=C(C2=O)c2ccc(C#N)cc2C1. The third kappa shape index (κ3) is 4.55. The fraction of sp³-hybridized carbons (Fsp3) is 0.500. The van der Waals surface area contributed by atoms with Gasteiger partial charge in [-0.2, -0.15) is 5.26 Å². The van der Waals surface area contributed by atoms with Gasteiger partial charge in [0.25, 0.3) is 0 Å². The summed E-state index contributed by atoms with van der Waals surface area (Å²) in [7, 11) is 1.67. The molecule has 0 atom stereocenters. The van der Waals surface area contributed by atoms with E-state index in [1.54, 1.807) is 7.11 Å². The summed E-state index contributed by atoms with van der Waals surface area (Å²) < 4.78 is 17.1. The summed E-state index contributed by atoms with van der Waals surface area (Å²) in [5.74, 6) is 0.804. The first-order valence-corrected chi connectivity index (χ1v) is 14.1. The van der Waals surface area contributed by atoms with Gasteiger partial charge < -0.3 is 19.1 Å². The molecule has 2 aliphatic carbocycles. The quantitative estimate of drug-likeness (QED) is 0.517. The molecule has 2 aromatic carbocycles. The Morgan fingerprint density at radius 1 is 1.05 bits per heavy atom. The van der Waals surface area contributed by atoms with Crippen LogP contribution < -0.4 is 9.64 Å². The lowest BCUT2D eigenvalue weighted by Crippen LogP contribution is -2.49. The van der Waals surface area contributed by atoms with E-state index in [1.165, 1.54) is 0 Å². The highest BCUT2D eigenvalue weighted by Gasteiger charge is 2.44. The van der Waals surface area contributed by atoms with E-state index in [0.717, 1.165) is 97.1 Å². The normalized spacial score (nSPS) is 20.9. The minimum absolute atomic E-state index is 0.0527. The van der Waals surface area contributed by atoms with Crippen molar-refractivity contribution in [2.45, 2.75) is 44.6 Å². The molecular formula is C32H37N3O4. The van der Waals surface area contributed by atoms with Gasteiger partial charge in [-0.25, -0.2) is 0 Å². The van der Waals surface area contributed by atoms with E-state index in [2.05, 4.69) is 35.8 Å². The van der Waals surface area contributed by atoms with Gasteiger partial charge in [-0.3, -0.25) is 9.69 Å². The third-order valence-electron chi connectivity index (χ3n) is 9.08. The minimum Gasteiger partial charge on any atom is -0.489 e. The van der Waals surface area contributed by atoms with Gasteiger partial charge in [0.1, 0.15) is 12.4 Å². The Hall–Kier alpha value is -3.18. The van der Waals surface area contributed by atoms with Gasteiger partial charge >= 0.3 is 0 Å². The number of carbonyl (C=O) groups is 1. The van der Waals surface area contributed by atoms with Crippen LogP contribution in [0, 0.1) is 11.3 Å². The molecule has 7 heteroatoms. The number of nitrogens with zero attached hydrogens (tertiary/aromatic N) is 3. The summed E-state index contributed by atoms with van der Waals surface area (Å²) in [6, 6.07) is 12.7. The fourth-order valence-electron chi connectivity index (χ4n) is 6.87. The molecule has 204 valence electrons. The van der Waals surface area contributed by atoms with E-state index in [-0.39, 0.29) is 11.2 Å². The highest BCUT2D eigenvalue weighted by molar-refractivity contribution is 6.33. The highest BCUT2D eigenvalue weighted by Crippen LogP contribution is 2.52. The monoisotopic (exact) mass is 527 g/mol. The fourth-order valence-corrected chi connectivity index (χ4v) is 6.87. The van der Waals surface area contributed by atoms with Crippen LogP contribution >= 0.6 is 0 Å². The Labute approximate surface area is 230 Å². The van der Waals surface area contributed by atoms with Gasteiger partial charge in [0.15, 0.2) is 5.78 Å². The molecule has 0 amide bonds. The molecule has 2 saturated heterocycles. The minimum atomic E-state index is -0.323. The maximum atomic E-state index is 14.1. The van der Waals surface area contributed by atoms with E-state index >= 15 is 0 Å². The molecule has 0 radical (unpaired) electrons. The summed E-state index contributed by atoms with van der Waals surface area (Å²) in [6.07, 6.45) is 2.90. The van der Waals surface area contributed by atoms with Crippen molar-refractivity contribution in [1.82, 2.24) is 4.90 Å². The number of hydrogen-bond acceptors (Lipinski definition) is 7. The Morgan fingerprint density at radius 2 is 1.82 bits per heavy atom.